The summed E-state index contributed by atoms with van der Waals surface area (Å²) in [5.74, 6) is 0. The third kappa shape index (κ3) is 4.93. The average Bonchev–Trinajstić information content (AvgIpc) is 2.19. The molecule has 0 aliphatic carbocycles. The summed E-state index contributed by atoms with van der Waals surface area (Å²) in [6.07, 6.45) is 0. The number of benzene rings is 1. The van der Waals surface area contributed by atoms with Crippen LogP contribution in [0.3, 0.4) is 0 Å². The lowest BCUT2D eigenvalue weighted by Gasteiger charge is -2.20. The van der Waals surface area contributed by atoms with Gasteiger partial charge in [0.2, 0.25) is 0 Å². The summed E-state index contributed by atoms with van der Waals surface area (Å²) in [7, 11) is 3.75. The average molecular weight is 208 g/mol. The van der Waals surface area contributed by atoms with Crippen LogP contribution < -0.4 is 5.73 Å². The lowest BCUT2D eigenvalue weighted by molar-refractivity contribution is 0.160. The van der Waals surface area contributed by atoms with Crippen LogP contribution in [-0.4, -0.2) is 38.3 Å². The van der Waals surface area contributed by atoms with Crippen LogP contribution in [-0.2, 0) is 11.3 Å². The van der Waals surface area contributed by atoms with E-state index in [0.29, 0.717) is 6.61 Å². The van der Waals surface area contributed by atoms with Crippen LogP contribution in [0.1, 0.15) is 5.56 Å². The zero-order chi connectivity index (χ0) is 11.1. The Labute approximate surface area is 91.8 Å². The van der Waals surface area contributed by atoms with Crippen molar-refractivity contribution in [2.24, 2.45) is 5.73 Å². The van der Waals surface area contributed by atoms with Gasteiger partial charge in [-0.25, -0.2) is 0 Å². The Hall–Kier alpha value is -0.900. The summed E-state index contributed by atoms with van der Waals surface area (Å²) >= 11 is 0. The summed E-state index contributed by atoms with van der Waals surface area (Å²) in [5, 5.41) is 0. The highest BCUT2D eigenvalue weighted by molar-refractivity contribution is 5.14. The van der Waals surface area contributed by atoms with Gasteiger partial charge in [0.1, 0.15) is 0 Å². The van der Waals surface area contributed by atoms with E-state index in [0.717, 1.165) is 13.1 Å². The van der Waals surface area contributed by atoms with Gasteiger partial charge in [-0.3, -0.25) is 0 Å². The van der Waals surface area contributed by atoms with E-state index in [2.05, 4.69) is 36.2 Å². The quantitative estimate of drug-likeness (QED) is 0.760. The first-order chi connectivity index (χ1) is 7.22. The van der Waals surface area contributed by atoms with Crippen LogP contribution in [0.4, 0.5) is 0 Å². The molecule has 1 aromatic carbocycles. The first-order valence-electron chi connectivity index (χ1n) is 5.19. The van der Waals surface area contributed by atoms with Gasteiger partial charge in [0, 0.05) is 26.2 Å². The zero-order valence-electron chi connectivity index (χ0n) is 9.52. The number of likely N-dealkylation sites (N-methyl/N-ethyl adjacent to an activating group) is 1. The van der Waals surface area contributed by atoms with Crippen molar-refractivity contribution in [3.63, 3.8) is 0 Å². The summed E-state index contributed by atoms with van der Waals surface area (Å²) in [6, 6.07) is 10.5. The number of nitrogens with two attached hydrogens (primary N) is 1. The minimum absolute atomic E-state index is 0.0868. The van der Waals surface area contributed by atoms with Gasteiger partial charge in [-0.1, -0.05) is 30.3 Å². The molecule has 3 nitrogen and oxygen atoms in total. The fourth-order valence-corrected chi connectivity index (χ4v) is 1.63. The molecule has 0 radical (unpaired) electrons. The number of hydrogen-bond acceptors (Lipinski definition) is 3. The van der Waals surface area contributed by atoms with Crippen molar-refractivity contribution in [1.82, 2.24) is 4.90 Å². The molecule has 1 unspecified atom stereocenters. The standard InChI is InChI=1S/C12H20N2O/c1-14(9-12(13)10-15-2)8-11-6-4-3-5-7-11/h3-7,12H,8-10,13H2,1-2H3. The molecular weight excluding hydrogens is 188 g/mol. The Morgan fingerprint density at radius 3 is 2.60 bits per heavy atom. The molecule has 0 saturated carbocycles. The SMILES string of the molecule is COCC(N)CN(C)Cc1ccccc1. The lowest BCUT2D eigenvalue weighted by Crippen LogP contribution is -2.38. The van der Waals surface area contributed by atoms with Crippen LogP contribution in [0.2, 0.25) is 0 Å². The van der Waals surface area contributed by atoms with Gasteiger partial charge in [0.05, 0.1) is 6.61 Å². The van der Waals surface area contributed by atoms with Crippen LogP contribution in [0.15, 0.2) is 30.3 Å². The maximum atomic E-state index is 5.87. The van der Waals surface area contributed by atoms with Gasteiger partial charge in [-0.05, 0) is 12.6 Å². The fraction of sp³-hybridized carbons (Fsp3) is 0.500. The highest BCUT2D eigenvalue weighted by Gasteiger charge is 2.06. The van der Waals surface area contributed by atoms with E-state index in [9.17, 15) is 0 Å². The van der Waals surface area contributed by atoms with E-state index in [1.54, 1.807) is 7.11 Å². The first kappa shape index (κ1) is 12.2. The number of ether oxygens (including phenoxy) is 1. The Kier molecular flexibility index (Phi) is 5.32. The molecule has 15 heavy (non-hydrogen) atoms. The molecule has 0 aromatic heterocycles. The van der Waals surface area contributed by atoms with E-state index in [4.69, 9.17) is 10.5 Å². The monoisotopic (exact) mass is 208 g/mol. The molecular formula is C12H20N2O. The molecule has 0 fully saturated rings. The maximum Gasteiger partial charge on any atom is 0.0626 e. The first-order valence-corrected chi connectivity index (χ1v) is 5.19. The van der Waals surface area contributed by atoms with E-state index < -0.39 is 0 Å². The van der Waals surface area contributed by atoms with Gasteiger partial charge >= 0.3 is 0 Å². The Morgan fingerprint density at radius 2 is 2.00 bits per heavy atom. The third-order valence-electron chi connectivity index (χ3n) is 2.22. The van der Waals surface area contributed by atoms with E-state index >= 15 is 0 Å². The molecule has 84 valence electrons. The minimum Gasteiger partial charge on any atom is -0.383 e. The lowest BCUT2D eigenvalue weighted by atomic mass is 10.2. The van der Waals surface area contributed by atoms with E-state index in [1.807, 2.05) is 6.07 Å². The Morgan fingerprint density at radius 1 is 1.33 bits per heavy atom. The van der Waals surface area contributed by atoms with Gasteiger partial charge in [-0.2, -0.15) is 0 Å². The molecule has 0 spiro atoms. The third-order valence-corrected chi connectivity index (χ3v) is 2.22. The number of methoxy groups -OCH3 is 1. The highest BCUT2D eigenvalue weighted by Crippen LogP contribution is 2.02. The summed E-state index contributed by atoms with van der Waals surface area (Å²) in [4.78, 5) is 2.21. The van der Waals surface area contributed by atoms with Crippen molar-refractivity contribution in [1.29, 1.82) is 0 Å². The number of hydrogen-bond donors (Lipinski definition) is 1. The van der Waals surface area contributed by atoms with E-state index in [-0.39, 0.29) is 6.04 Å². The molecule has 2 N–H and O–H groups in total. The predicted octanol–water partition coefficient (Wildman–Crippen LogP) is 1.09. The molecule has 0 aliphatic rings. The highest BCUT2D eigenvalue weighted by atomic mass is 16.5. The minimum atomic E-state index is 0.0868. The predicted molar refractivity (Wildman–Crippen MR) is 62.6 cm³/mol. The summed E-state index contributed by atoms with van der Waals surface area (Å²) in [5.41, 5.74) is 7.18. The van der Waals surface area contributed by atoms with E-state index in [1.165, 1.54) is 5.56 Å². The Bertz CT molecular complexity index is 264. The molecule has 0 aliphatic heterocycles. The zero-order valence-corrected chi connectivity index (χ0v) is 9.52. The maximum absolute atomic E-state index is 5.87. The topological polar surface area (TPSA) is 38.5 Å². The Balaban J connectivity index is 2.33. The molecule has 0 amide bonds. The second kappa shape index (κ2) is 6.56. The van der Waals surface area contributed by atoms with Crippen molar-refractivity contribution in [2.45, 2.75) is 12.6 Å². The molecule has 3 heteroatoms. The van der Waals surface area contributed by atoms with Crippen LogP contribution in [0, 0.1) is 0 Å². The molecule has 0 heterocycles. The van der Waals surface area contributed by atoms with Crippen LogP contribution in [0.25, 0.3) is 0 Å². The molecule has 0 saturated heterocycles. The molecule has 0 bridgehead atoms. The van der Waals surface area contributed by atoms with Crippen LogP contribution in [0.5, 0.6) is 0 Å². The van der Waals surface area contributed by atoms with Crippen molar-refractivity contribution in [3.05, 3.63) is 35.9 Å². The van der Waals surface area contributed by atoms with Gasteiger partial charge in [0.25, 0.3) is 0 Å². The van der Waals surface area contributed by atoms with Crippen molar-refractivity contribution in [3.8, 4) is 0 Å². The van der Waals surface area contributed by atoms with Crippen molar-refractivity contribution >= 4 is 0 Å². The van der Waals surface area contributed by atoms with Crippen LogP contribution >= 0.6 is 0 Å². The molecule has 1 rings (SSSR count). The van der Waals surface area contributed by atoms with Gasteiger partial charge in [0.15, 0.2) is 0 Å². The second-order valence-corrected chi connectivity index (χ2v) is 3.90. The second-order valence-electron chi connectivity index (χ2n) is 3.90. The molecule has 1 atom stereocenters. The number of rotatable bonds is 6. The van der Waals surface area contributed by atoms with Gasteiger partial charge in [-0.15, -0.1) is 0 Å². The van der Waals surface area contributed by atoms with Crippen molar-refractivity contribution in [2.75, 3.05) is 27.3 Å². The van der Waals surface area contributed by atoms with Gasteiger partial charge < -0.3 is 15.4 Å². The fourth-order valence-electron chi connectivity index (χ4n) is 1.63. The normalized spacial score (nSPS) is 13.1. The smallest absolute Gasteiger partial charge is 0.0626 e. The number of nitrogens with zero attached hydrogens (tertiary/aromatic N) is 1. The summed E-state index contributed by atoms with van der Waals surface area (Å²) in [6.45, 7) is 2.39. The molecule has 1 aromatic rings. The largest absolute Gasteiger partial charge is 0.383 e. The van der Waals surface area contributed by atoms with Crippen molar-refractivity contribution < 1.29 is 4.74 Å². The summed E-state index contributed by atoms with van der Waals surface area (Å²) < 4.78 is 5.00.